The molecule has 10 nitrogen and oxygen atoms in total. The predicted molar refractivity (Wildman–Crippen MR) is 72.5 cm³/mol. The van der Waals surface area contributed by atoms with Gasteiger partial charge in [-0.05, 0) is 0 Å². The number of amides is 1. The lowest BCUT2D eigenvalue weighted by Gasteiger charge is -2.29. The van der Waals surface area contributed by atoms with Crippen molar-refractivity contribution in [3.05, 3.63) is 0 Å². The Labute approximate surface area is 132 Å². The Hall–Kier alpha value is -2.65. The maximum atomic E-state index is 11.5. The fourth-order valence-electron chi connectivity index (χ4n) is 1.60. The molecule has 0 unspecified atom stereocenters. The molecule has 0 heterocycles. The summed E-state index contributed by atoms with van der Waals surface area (Å²) in [6.07, 6.45) is -4.69. The molecule has 23 heavy (non-hydrogen) atoms. The molecule has 0 aliphatic carbocycles. The molecule has 0 radical (unpaired) electrons. The molecule has 10 heteroatoms. The van der Waals surface area contributed by atoms with Gasteiger partial charge in [0.15, 0.2) is 12.2 Å². The Balaban J connectivity index is 5.55. The molecule has 0 aliphatic rings. The van der Waals surface area contributed by atoms with Crippen LogP contribution in [-0.2, 0) is 42.9 Å². The highest BCUT2D eigenvalue weighted by Gasteiger charge is 2.41. The third kappa shape index (κ3) is 8.39. The van der Waals surface area contributed by atoms with Crippen molar-refractivity contribution in [1.82, 2.24) is 0 Å². The highest BCUT2D eigenvalue weighted by molar-refractivity contribution is 5.83. The number of carbonyl (C=O) groups excluding carboxylic acids is 5. The summed E-state index contributed by atoms with van der Waals surface area (Å²) in [5.74, 6) is -4.36. The SMILES string of the molecule is CC(=O)OC[C@@H](OC(C)=O)[C@@H](OC(C)=O)[C@@H](OC(C)=O)C(N)=O. The van der Waals surface area contributed by atoms with Crippen LogP contribution in [0.2, 0.25) is 0 Å². The van der Waals surface area contributed by atoms with Crippen LogP contribution in [0, 0.1) is 0 Å². The summed E-state index contributed by atoms with van der Waals surface area (Å²) in [5.41, 5.74) is 5.13. The van der Waals surface area contributed by atoms with E-state index in [0.717, 1.165) is 27.7 Å². The fourth-order valence-corrected chi connectivity index (χ4v) is 1.60. The summed E-state index contributed by atoms with van der Waals surface area (Å²) in [6, 6.07) is 0. The second kappa shape index (κ2) is 9.38. The predicted octanol–water partition coefficient (Wildman–Crippen LogP) is -1.17. The molecule has 2 N–H and O–H groups in total. The van der Waals surface area contributed by atoms with Crippen LogP contribution in [0.15, 0.2) is 0 Å². The minimum absolute atomic E-state index is 0.530. The molecule has 0 saturated heterocycles. The van der Waals surface area contributed by atoms with E-state index >= 15 is 0 Å². The minimum atomic E-state index is -1.73. The van der Waals surface area contributed by atoms with Gasteiger partial charge in [0.25, 0.3) is 5.91 Å². The van der Waals surface area contributed by atoms with Gasteiger partial charge >= 0.3 is 23.9 Å². The molecule has 1 amide bonds. The van der Waals surface area contributed by atoms with Crippen LogP contribution in [0.5, 0.6) is 0 Å². The number of rotatable bonds is 8. The molecule has 0 fully saturated rings. The Morgan fingerprint density at radius 2 is 1.26 bits per heavy atom. The van der Waals surface area contributed by atoms with E-state index in [1.54, 1.807) is 0 Å². The molecule has 0 aromatic heterocycles. The number of carbonyl (C=O) groups is 5. The monoisotopic (exact) mass is 333 g/mol. The summed E-state index contributed by atoms with van der Waals surface area (Å²) >= 11 is 0. The molecule has 0 aromatic rings. The van der Waals surface area contributed by atoms with Crippen LogP contribution in [0.4, 0.5) is 0 Å². The van der Waals surface area contributed by atoms with E-state index in [1.165, 1.54) is 0 Å². The lowest BCUT2D eigenvalue weighted by atomic mass is 10.1. The standard InChI is InChI=1S/C13H19NO9/c1-6(15)20-5-10(21-7(2)16)11(22-8(3)17)12(13(14)19)23-9(4)18/h10-12H,5H2,1-4H3,(H2,14,19)/t10-,11-,12-/m1/s1. The van der Waals surface area contributed by atoms with Gasteiger partial charge < -0.3 is 24.7 Å². The van der Waals surface area contributed by atoms with Gasteiger partial charge in [0.2, 0.25) is 6.10 Å². The molecule has 0 rings (SSSR count). The van der Waals surface area contributed by atoms with Crippen molar-refractivity contribution in [2.75, 3.05) is 6.61 Å². The first-order valence-electron chi connectivity index (χ1n) is 6.49. The fraction of sp³-hybridized carbons (Fsp3) is 0.615. The van der Waals surface area contributed by atoms with Crippen LogP contribution in [0.25, 0.3) is 0 Å². The van der Waals surface area contributed by atoms with Crippen LogP contribution in [-0.4, -0.2) is 54.7 Å². The summed E-state index contributed by atoms with van der Waals surface area (Å²) < 4.78 is 19.2. The third-order valence-electron chi connectivity index (χ3n) is 2.31. The molecule has 0 saturated carbocycles. The van der Waals surface area contributed by atoms with Crippen LogP contribution >= 0.6 is 0 Å². The van der Waals surface area contributed by atoms with Gasteiger partial charge in [-0.25, -0.2) is 0 Å². The van der Waals surface area contributed by atoms with Crippen molar-refractivity contribution in [3.63, 3.8) is 0 Å². The second-order valence-corrected chi connectivity index (χ2v) is 4.46. The lowest BCUT2D eigenvalue weighted by Crippen LogP contribution is -2.52. The van der Waals surface area contributed by atoms with Crippen LogP contribution < -0.4 is 5.73 Å². The van der Waals surface area contributed by atoms with E-state index in [2.05, 4.69) is 0 Å². The first kappa shape index (κ1) is 20.3. The van der Waals surface area contributed by atoms with E-state index in [0.29, 0.717) is 0 Å². The highest BCUT2D eigenvalue weighted by Crippen LogP contribution is 2.15. The van der Waals surface area contributed by atoms with Crippen molar-refractivity contribution in [2.24, 2.45) is 5.73 Å². The van der Waals surface area contributed by atoms with Gasteiger partial charge in [-0.15, -0.1) is 0 Å². The molecule has 0 aromatic carbocycles. The molecule has 0 spiro atoms. The third-order valence-corrected chi connectivity index (χ3v) is 2.31. The van der Waals surface area contributed by atoms with E-state index in [1.807, 2.05) is 0 Å². The Morgan fingerprint density at radius 1 is 0.783 bits per heavy atom. The molecular formula is C13H19NO9. The van der Waals surface area contributed by atoms with Crippen molar-refractivity contribution < 1.29 is 42.9 Å². The quantitative estimate of drug-likeness (QED) is 0.428. The maximum Gasteiger partial charge on any atom is 0.303 e. The zero-order chi connectivity index (χ0) is 18.2. The van der Waals surface area contributed by atoms with Gasteiger partial charge in [-0.3, -0.25) is 24.0 Å². The zero-order valence-electron chi connectivity index (χ0n) is 13.2. The van der Waals surface area contributed by atoms with Gasteiger partial charge in [-0.2, -0.15) is 0 Å². The second-order valence-electron chi connectivity index (χ2n) is 4.46. The lowest BCUT2D eigenvalue weighted by molar-refractivity contribution is -0.190. The smallest absolute Gasteiger partial charge is 0.303 e. The van der Waals surface area contributed by atoms with E-state index in [-0.39, 0.29) is 0 Å². The van der Waals surface area contributed by atoms with Crippen molar-refractivity contribution in [2.45, 2.75) is 46.0 Å². The molecule has 3 atom stereocenters. The first-order chi connectivity index (χ1) is 10.5. The molecule has 0 aliphatic heterocycles. The number of esters is 4. The summed E-state index contributed by atoms with van der Waals surface area (Å²) in [6.45, 7) is 3.65. The average molecular weight is 333 g/mol. The number of nitrogens with two attached hydrogens (primary N) is 1. The van der Waals surface area contributed by atoms with Crippen molar-refractivity contribution >= 4 is 29.8 Å². The number of hydrogen-bond acceptors (Lipinski definition) is 9. The zero-order valence-corrected chi connectivity index (χ0v) is 13.2. The summed E-state index contributed by atoms with van der Waals surface area (Å²) in [4.78, 5) is 55.9. The number of primary amides is 1. The van der Waals surface area contributed by atoms with Crippen LogP contribution in [0.1, 0.15) is 27.7 Å². The number of hydrogen-bond donors (Lipinski definition) is 1. The van der Waals surface area contributed by atoms with Gasteiger partial charge in [0.1, 0.15) is 6.61 Å². The minimum Gasteiger partial charge on any atom is -0.462 e. The van der Waals surface area contributed by atoms with E-state index in [4.69, 9.17) is 24.7 Å². The normalized spacial score (nSPS) is 13.9. The maximum absolute atomic E-state index is 11.5. The largest absolute Gasteiger partial charge is 0.462 e. The Morgan fingerprint density at radius 3 is 1.61 bits per heavy atom. The van der Waals surface area contributed by atoms with E-state index < -0.39 is 54.7 Å². The summed E-state index contributed by atoms with van der Waals surface area (Å²) in [7, 11) is 0. The number of ether oxygens (including phenoxy) is 4. The molecule has 0 bridgehead atoms. The Kier molecular flexibility index (Phi) is 8.30. The summed E-state index contributed by atoms with van der Waals surface area (Å²) in [5, 5.41) is 0. The first-order valence-corrected chi connectivity index (χ1v) is 6.49. The van der Waals surface area contributed by atoms with Gasteiger partial charge in [0.05, 0.1) is 0 Å². The van der Waals surface area contributed by atoms with Gasteiger partial charge in [-0.1, -0.05) is 0 Å². The molecular weight excluding hydrogens is 314 g/mol. The van der Waals surface area contributed by atoms with Crippen molar-refractivity contribution in [1.29, 1.82) is 0 Å². The topological polar surface area (TPSA) is 148 Å². The van der Waals surface area contributed by atoms with E-state index in [9.17, 15) is 24.0 Å². The van der Waals surface area contributed by atoms with Crippen LogP contribution in [0.3, 0.4) is 0 Å². The highest BCUT2D eigenvalue weighted by atomic mass is 16.6. The van der Waals surface area contributed by atoms with Gasteiger partial charge in [0, 0.05) is 27.7 Å². The van der Waals surface area contributed by atoms with Crippen molar-refractivity contribution in [3.8, 4) is 0 Å². The Bertz CT molecular complexity index is 488. The molecule has 130 valence electrons. The average Bonchev–Trinajstić information content (AvgIpc) is 2.37.